The molecule has 2 N–H and O–H groups in total. The first-order valence-corrected chi connectivity index (χ1v) is 11.9. The molecule has 33 heavy (non-hydrogen) atoms. The Balaban J connectivity index is 1.78. The summed E-state index contributed by atoms with van der Waals surface area (Å²) < 4.78 is 40.9. The summed E-state index contributed by atoms with van der Waals surface area (Å²) in [5, 5.41) is 13.8. The van der Waals surface area contributed by atoms with Crippen molar-refractivity contribution < 1.29 is 27.3 Å². The lowest BCUT2D eigenvalue weighted by Gasteiger charge is -2.09. The molecule has 2 amide bonds. The van der Waals surface area contributed by atoms with Crippen LogP contribution in [-0.4, -0.2) is 25.2 Å². The van der Waals surface area contributed by atoms with Gasteiger partial charge in [-0.25, -0.2) is 17.5 Å². The van der Waals surface area contributed by atoms with Crippen LogP contribution in [0, 0.1) is 15.9 Å². The lowest BCUT2D eigenvalue weighted by molar-refractivity contribution is -0.388. The van der Waals surface area contributed by atoms with E-state index < -0.39 is 43.2 Å². The lowest BCUT2D eigenvalue weighted by atomic mass is 10.2. The van der Waals surface area contributed by atoms with Crippen molar-refractivity contribution in [2.24, 2.45) is 0 Å². The summed E-state index contributed by atoms with van der Waals surface area (Å²) in [5.74, 6) is -2.51. The van der Waals surface area contributed by atoms with Crippen LogP contribution in [-0.2, 0) is 10.0 Å². The van der Waals surface area contributed by atoms with E-state index in [4.69, 9.17) is 0 Å². The van der Waals surface area contributed by atoms with E-state index in [-0.39, 0.29) is 10.0 Å². The maximum atomic E-state index is 13.6. The molecule has 3 aromatic carbocycles. The maximum absolute atomic E-state index is 13.6. The molecule has 0 saturated heterocycles. The van der Waals surface area contributed by atoms with E-state index >= 15 is 0 Å². The molecule has 13 heteroatoms. The van der Waals surface area contributed by atoms with Gasteiger partial charge in [-0.2, -0.15) is 0 Å². The number of nitrogens with one attached hydrogen (secondary N) is 2. The molecule has 9 nitrogen and oxygen atoms in total. The van der Waals surface area contributed by atoms with Crippen LogP contribution in [0.2, 0.25) is 0 Å². The highest BCUT2D eigenvalue weighted by molar-refractivity contribution is 9.10. The fourth-order valence-electron chi connectivity index (χ4n) is 2.65. The first-order chi connectivity index (χ1) is 15.5. The second-order valence-corrected chi connectivity index (χ2v) is 9.89. The summed E-state index contributed by atoms with van der Waals surface area (Å²) in [7, 11) is -4.70. The standard InChI is InChI=1S/C20H12Br2FN3O6S/c21-13-3-1-2-12(8-13)19(27)24-14-6-4-11(5-7-14)20(28)25-33(31,32)18-9-15(22)16(23)10-17(18)26(29)30/h1-10H,(H,24,27)(H,25,28). The van der Waals surface area contributed by atoms with Crippen molar-refractivity contribution in [3.05, 3.63) is 96.7 Å². The first-order valence-electron chi connectivity index (χ1n) is 8.85. The van der Waals surface area contributed by atoms with Gasteiger partial charge in [-0.05, 0) is 64.5 Å². The highest BCUT2D eigenvalue weighted by Gasteiger charge is 2.29. The predicted octanol–water partition coefficient (Wildman–Crippen LogP) is 4.63. The van der Waals surface area contributed by atoms with Gasteiger partial charge >= 0.3 is 0 Å². The zero-order valence-corrected chi connectivity index (χ0v) is 20.2. The third kappa shape index (κ3) is 5.80. The summed E-state index contributed by atoms with van der Waals surface area (Å²) in [5.41, 5.74) is -0.383. The van der Waals surface area contributed by atoms with Crippen LogP contribution in [0.5, 0.6) is 0 Å². The molecule has 0 saturated carbocycles. The summed E-state index contributed by atoms with van der Waals surface area (Å²) in [6.07, 6.45) is 0. The van der Waals surface area contributed by atoms with Crippen molar-refractivity contribution in [1.82, 2.24) is 4.72 Å². The number of nitro groups is 1. The van der Waals surface area contributed by atoms with E-state index in [1.807, 2.05) is 0 Å². The Bertz CT molecular complexity index is 1380. The van der Waals surface area contributed by atoms with Crippen molar-refractivity contribution in [3.8, 4) is 0 Å². The molecule has 0 spiro atoms. The van der Waals surface area contributed by atoms with Gasteiger partial charge in [0.05, 0.1) is 15.5 Å². The second kappa shape index (κ2) is 9.77. The predicted molar refractivity (Wildman–Crippen MR) is 124 cm³/mol. The van der Waals surface area contributed by atoms with Crippen molar-refractivity contribution in [2.45, 2.75) is 4.90 Å². The quantitative estimate of drug-likeness (QED) is 0.313. The smallest absolute Gasteiger partial charge is 0.292 e. The highest BCUT2D eigenvalue weighted by atomic mass is 79.9. The largest absolute Gasteiger partial charge is 0.322 e. The van der Waals surface area contributed by atoms with Gasteiger partial charge in [0, 0.05) is 21.3 Å². The molecular formula is C20H12Br2FN3O6S. The number of nitrogens with zero attached hydrogens (tertiary/aromatic N) is 1. The molecule has 3 aromatic rings. The Labute approximate surface area is 203 Å². The molecule has 0 bridgehead atoms. The summed E-state index contributed by atoms with van der Waals surface area (Å²) in [6.45, 7) is 0. The number of carbonyl (C=O) groups is 2. The van der Waals surface area contributed by atoms with Crippen LogP contribution in [0.3, 0.4) is 0 Å². The minimum absolute atomic E-state index is 0.0946. The Morgan fingerprint density at radius 2 is 1.61 bits per heavy atom. The van der Waals surface area contributed by atoms with Gasteiger partial charge in [0.1, 0.15) is 5.82 Å². The molecule has 0 unspecified atom stereocenters. The maximum Gasteiger partial charge on any atom is 0.292 e. The van der Waals surface area contributed by atoms with Crippen LogP contribution < -0.4 is 10.0 Å². The van der Waals surface area contributed by atoms with Crippen molar-refractivity contribution in [2.75, 3.05) is 5.32 Å². The number of benzene rings is 3. The van der Waals surface area contributed by atoms with Gasteiger partial charge < -0.3 is 5.32 Å². The normalized spacial score (nSPS) is 11.0. The third-order valence-corrected chi connectivity index (χ3v) is 6.67. The topological polar surface area (TPSA) is 135 Å². The number of rotatable bonds is 6. The Kier molecular flexibility index (Phi) is 7.25. The molecule has 0 heterocycles. The van der Waals surface area contributed by atoms with Crippen molar-refractivity contribution in [1.29, 1.82) is 0 Å². The van der Waals surface area contributed by atoms with Gasteiger partial charge in [0.2, 0.25) is 0 Å². The fraction of sp³-hybridized carbons (Fsp3) is 0. The number of anilines is 1. The van der Waals surface area contributed by atoms with Gasteiger partial charge in [0.15, 0.2) is 4.90 Å². The van der Waals surface area contributed by atoms with Gasteiger partial charge in [-0.3, -0.25) is 19.7 Å². The number of nitro benzene ring substituents is 1. The third-order valence-electron chi connectivity index (χ3n) is 4.21. The molecule has 0 aliphatic rings. The highest BCUT2D eigenvalue weighted by Crippen LogP contribution is 2.30. The van der Waals surface area contributed by atoms with Gasteiger partial charge in [0.25, 0.3) is 27.5 Å². The molecule has 0 aliphatic carbocycles. The molecular weight excluding hydrogens is 589 g/mol. The zero-order valence-electron chi connectivity index (χ0n) is 16.2. The number of sulfonamides is 1. The minimum Gasteiger partial charge on any atom is -0.322 e. The first kappa shape index (κ1) is 24.5. The SMILES string of the molecule is O=C(Nc1ccc(C(=O)NS(=O)(=O)c2cc(Br)c(F)cc2[N+](=O)[O-])cc1)c1cccc(Br)c1. The molecule has 0 fully saturated rings. The molecule has 3 rings (SSSR count). The number of halogens is 3. The molecule has 0 aliphatic heterocycles. The number of carbonyl (C=O) groups excluding carboxylic acids is 2. The molecule has 170 valence electrons. The second-order valence-electron chi connectivity index (χ2n) is 6.47. The summed E-state index contributed by atoms with van der Waals surface area (Å²) in [4.78, 5) is 33.9. The Morgan fingerprint density at radius 3 is 2.21 bits per heavy atom. The number of hydrogen-bond donors (Lipinski definition) is 2. The van der Waals surface area contributed by atoms with Gasteiger partial charge in [-0.15, -0.1) is 0 Å². The van der Waals surface area contributed by atoms with E-state index in [2.05, 4.69) is 37.2 Å². The molecule has 0 aromatic heterocycles. The number of amides is 2. The van der Waals surface area contributed by atoms with E-state index in [9.17, 15) is 32.5 Å². The van der Waals surface area contributed by atoms with E-state index in [0.717, 1.165) is 4.47 Å². The average Bonchev–Trinajstić information content (AvgIpc) is 2.75. The molecule has 0 atom stereocenters. The van der Waals surface area contributed by atoms with Crippen molar-refractivity contribution in [3.63, 3.8) is 0 Å². The summed E-state index contributed by atoms with van der Waals surface area (Å²) in [6, 6.07) is 13.1. The zero-order chi connectivity index (χ0) is 24.3. The van der Waals surface area contributed by atoms with Crippen LogP contribution in [0.1, 0.15) is 20.7 Å². The van der Waals surface area contributed by atoms with Crippen LogP contribution >= 0.6 is 31.9 Å². The number of hydrogen-bond acceptors (Lipinski definition) is 6. The van der Waals surface area contributed by atoms with E-state index in [0.29, 0.717) is 23.4 Å². The monoisotopic (exact) mass is 599 g/mol. The van der Waals surface area contributed by atoms with E-state index in [1.54, 1.807) is 29.0 Å². The molecule has 0 radical (unpaired) electrons. The fourth-order valence-corrected chi connectivity index (χ4v) is 4.70. The van der Waals surface area contributed by atoms with Crippen molar-refractivity contribution >= 4 is 65.1 Å². The Morgan fingerprint density at radius 1 is 0.939 bits per heavy atom. The van der Waals surface area contributed by atoms with Crippen LogP contribution in [0.4, 0.5) is 15.8 Å². The van der Waals surface area contributed by atoms with E-state index in [1.165, 1.54) is 24.3 Å². The average molecular weight is 601 g/mol. The lowest BCUT2D eigenvalue weighted by Crippen LogP contribution is -2.31. The summed E-state index contributed by atoms with van der Waals surface area (Å²) >= 11 is 6.04. The minimum atomic E-state index is -4.70. The van der Waals surface area contributed by atoms with Crippen LogP contribution in [0.25, 0.3) is 0 Å². The van der Waals surface area contributed by atoms with Crippen LogP contribution in [0.15, 0.2) is 74.5 Å². The van der Waals surface area contributed by atoms with Gasteiger partial charge in [-0.1, -0.05) is 22.0 Å². The Hall–Kier alpha value is -3.16.